The summed E-state index contributed by atoms with van der Waals surface area (Å²) in [6, 6.07) is 4.69. The lowest BCUT2D eigenvalue weighted by Crippen LogP contribution is -2.51. The number of benzene rings is 1. The molecular formula is C16H19ClN4O3. The average molecular weight is 351 g/mol. The van der Waals surface area contributed by atoms with Gasteiger partial charge < -0.3 is 15.9 Å². The first kappa shape index (κ1) is 19.5. The van der Waals surface area contributed by atoms with Crippen LogP contribution in [0.1, 0.15) is 42.6 Å². The summed E-state index contributed by atoms with van der Waals surface area (Å²) in [6.45, 7) is 3.33. The lowest BCUT2D eigenvalue weighted by molar-refractivity contribution is -0.123. The Balaban J connectivity index is 3.15. The van der Waals surface area contributed by atoms with Crippen molar-refractivity contribution in [2.75, 3.05) is 12.8 Å². The Labute approximate surface area is 145 Å². The van der Waals surface area contributed by atoms with Gasteiger partial charge in [0.05, 0.1) is 35.0 Å². The van der Waals surface area contributed by atoms with Gasteiger partial charge in [0.2, 0.25) is 0 Å². The van der Waals surface area contributed by atoms with E-state index in [1.165, 1.54) is 25.5 Å². The van der Waals surface area contributed by atoms with Crippen molar-refractivity contribution in [3.63, 3.8) is 0 Å². The summed E-state index contributed by atoms with van der Waals surface area (Å²) in [7, 11) is 1.37. The molecule has 0 fully saturated rings. The van der Waals surface area contributed by atoms with Gasteiger partial charge in [-0.2, -0.15) is 5.26 Å². The molecule has 0 aliphatic heterocycles. The zero-order valence-corrected chi connectivity index (χ0v) is 14.5. The number of oxime groups is 1. The predicted octanol–water partition coefficient (Wildman–Crippen LogP) is 2.28. The van der Waals surface area contributed by atoms with Crippen LogP contribution in [-0.2, 0) is 9.63 Å². The Kier molecular flexibility index (Phi) is 6.74. The smallest absolute Gasteiger partial charge is 0.252 e. The summed E-state index contributed by atoms with van der Waals surface area (Å²) in [4.78, 5) is 29.2. The Morgan fingerprint density at radius 3 is 2.75 bits per heavy atom. The number of carbonyl (C=O) groups excluding carboxylic acids is 2. The minimum atomic E-state index is -1.14. The van der Waals surface area contributed by atoms with Crippen LogP contribution < -0.4 is 11.1 Å². The van der Waals surface area contributed by atoms with E-state index in [1.54, 1.807) is 19.9 Å². The summed E-state index contributed by atoms with van der Waals surface area (Å²) < 4.78 is 0. The van der Waals surface area contributed by atoms with Crippen molar-refractivity contribution in [2.45, 2.75) is 32.2 Å². The second kappa shape index (κ2) is 8.31. The number of halogens is 1. The van der Waals surface area contributed by atoms with Crippen molar-refractivity contribution >= 4 is 35.2 Å². The molecule has 0 radical (unpaired) electrons. The molecule has 0 saturated heterocycles. The maximum atomic E-state index is 12.5. The maximum absolute atomic E-state index is 12.5. The molecule has 0 aliphatic rings. The van der Waals surface area contributed by atoms with Crippen LogP contribution in [0.15, 0.2) is 17.3 Å². The van der Waals surface area contributed by atoms with Crippen LogP contribution in [0, 0.1) is 11.3 Å². The second-order valence-electron chi connectivity index (χ2n) is 5.28. The molecule has 0 saturated carbocycles. The number of nitrogens with two attached hydrogens (primary N) is 1. The molecule has 1 amide bonds. The number of hydrogen-bond donors (Lipinski definition) is 2. The first-order valence-corrected chi connectivity index (χ1v) is 7.55. The Bertz CT molecular complexity index is 712. The zero-order chi connectivity index (χ0) is 18.3. The number of amides is 1. The average Bonchev–Trinajstić information content (AvgIpc) is 2.55. The number of nitrogens with one attached hydrogen (secondary N) is 1. The second-order valence-corrected chi connectivity index (χ2v) is 5.68. The largest absolute Gasteiger partial charge is 0.399 e. The van der Waals surface area contributed by atoms with E-state index in [1.807, 2.05) is 0 Å². The molecule has 8 heteroatoms. The van der Waals surface area contributed by atoms with Gasteiger partial charge >= 0.3 is 0 Å². The van der Waals surface area contributed by atoms with E-state index in [0.717, 1.165) is 0 Å². The van der Waals surface area contributed by atoms with E-state index in [-0.39, 0.29) is 28.5 Å². The van der Waals surface area contributed by atoms with Gasteiger partial charge in [-0.25, -0.2) is 0 Å². The molecule has 3 N–H and O–H groups in total. The number of ketones is 1. The maximum Gasteiger partial charge on any atom is 0.252 e. The van der Waals surface area contributed by atoms with E-state index < -0.39 is 11.4 Å². The van der Waals surface area contributed by atoms with E-state index >= 15 is 0 Å². The normalized spacial score (nSPS) is 13.1. The van der Waals surface area contributed by atoms with Gasteiger partial charge in [-0.05, 0) is 25.5 Å². The van der Waals surface area contributed by atoms with E-state index in [2.05, 4.69) is 15.3 Å². The summed E-state index contributed by atoms with van der Waals surface area (Å²) >= 11 is 6.04. The molecule has 0 bridgehead atoms. The highest BCUT2D eigenvalue weighted by Gasteiger charge is 2.32. The molecule has 1 rings (SSSR count). The molecular weight excluding hydrogens is 332 g/mol. The minimum Gasteiger partial charge on any atom is -0.399 e. The lowest BCUT2D eigenvalue weighted by Gasteiger charge is -2.27. The third kappa shape index (κ3) is 4.46. The third-order valence-electron chi connectivity index (χ3n) is 3.67. The van der Waals surface area contributed by atoms with Gasteiger partial charge in [0.15, 0.2) is 5.78 Å². The number of hydrogen-bond acceptors (Lipinski definition) is 6. The number of nitriles is 1. The topological polar surface area (TPSA) is 118 Å². The molecule has 1 atom stereocenters. The van der Waals surface area contributed by atoms with Crippen LogP contribution in [-0.4, -0.2) is 30.6 Å². The highest BCUT2D eigenvalue weighted by molar-refractivity contribution is 6.34. The van der Waals surface area contributed by atoms with Crippen molar-refractivity contribution in [3.8, 4) is 6.07 Å². The van der Waals surface area contributed by atoms with Crippen LogP contribution in [0.3, 0.4) is 0 Å². The molecule has 0 spiro atoms. The summed E-state index contributed by atoms with van der Waals surface area (Å²) in [5.74, 6) is -0.858. The number of nitrogen functional groups attached to an aromatic ring is 1. The van der Waals surface area contributed by atoms with Crippen LogP contribution >= 0.6 is 11.6 Å². The summed E-state index contributed by atoms with van der Waals surface area (Å²) in [5, 5.41) is 15.1. The fourth-order valence-corrected chi connectivity index (χ4v) is 2.16. The van der Waals surface area contributed by atoms with Gasteiger partial charge in [-0.1, -0.05) is 23.7 Å². The molecule has 0 heterocycles. The SMILES string of the molecule is CCC(C)(NC(=O)c1cc(Cl)c(N)c(/C=N/OC)c1)C(=O)CC#N. The predicted molar refractivity (Wildman–Crippen MR) is 91.9 cm³/mol. The quantitative estimate of drug-likeness (QED) is 0.444. The number of carbonyl (C=O) groups is 2. The summed E-state index contributed by atoms with van der Waals surface area (Å²) in [6.07, 6.45) is 1.40. The Hall–Kier alpha value is -2.59. The minimum absolute atomic E-state index is 0.182. The number of Topliss-reactive ketones (excluding diaryl/α,β-unsaturated/α-hetero) is 1. The van der Waals surface area contributed by atoms with E-state index in [0.29, 0.717) is 12.0 Å². The lowest BCUT2D eigenvalue weighted by atomic mass is 9.91. The van der Waals surface area contributed by atoms with Crippen LogP contribution in [0.4, 0.5) is 5.69 Å². The monoisotopic (exact) mass is 350 g/mol. The molecule has 1 aromatic rings. The van der Waals surface area contributed by atoms with Gasteiger partial charge in [0.1, 0.15) is 7.11 Å². The van der Waals surface area contributed by atoms with Crippen molar-refractivity contribution in [1.82, 2.24) is 5.32 Å². The van der Waals surface area contributed by atoms with Crippen molar-refractivity contribution < 1.29 is 14.4 Å². The van der Waals surface area contributed by atoms with Crippen molar-refractivity contribution in [1.29, 1.82) is 5.26 Å². The van der Waals surface area contributed by atoms with E-state index in [9.17, 15) is 9.59 Å². The highest BCUT2D eigenvalue weighted by atomic mass is 35.5. The number of rotatable bonds is 7. The fraction of sp³-hybridized carbons (Fsp3) is 0.375. The van der Waals surface area contributed by atoms with Gasteiger partial charge in [0, 0.05) is 11.1 Å². The number of nitrogens with zero attached hydrogens (tertiary/aromatic N) is 2. The highest BCUT2D eigenvalue weighted by Crippen LogP contribution is 2.25. The van der Waals surface area contributed by atoms with Crippen LogP contribution in [0.2, 0.25) is 5.02 Å². The van der Waals surface area contributed by atoms with Gasteiger partial charge in [0.25, 0.3) is 5.91 Å². The molecule has 1 aromatic carbocycles. The Morgan fingerprint density at radius 2 is 2.21 bits per heavy atom. The standard InChI is InChI=1S/C16H19ClN4O3/c1-4-16(2,13(22)5-6-18)21-15(23)10-7-11(9-20-24-3)14(19)12(17)8-10/h7-9H,4-5,19H2,1-3H3,(H,21,23)/b20-9+. The first-order valence-electron chi connectivity index (χ1n) is 7.17. The number of anilines is 1. The van der Waals surface area contributed by atoms with Gasteiger partial charge in [-0.3, -0.25) is 9.59 Å². The van der Waals surface area contributed by atoms with Gasteiger partial charge in [-0.15, -0.1) is 0 Å². The fourth-order valence-electron chi connectivity index (χ4n) is 1.93. The van der Waals surface area contributed by atoms with Crippen molar-refractivity contribution in [3.05, 3.63) is 28.3 Å². The first-order chi connectivity index (χ1) is 11.3. The third-order valence-corrected chi connectivity index (χ3v) is 3.99. The zero-order valence-electron chi connectivity index (χ0n) is 13.7. The summed E-state index contributed by atoms with van der Waals surface area (Å²) in [5.41, 5.74) is 5.58. The Morgan fingerprint density at radius 1 is 1.54 bits per heavy atom. The molecule has 128 valence electrons. The molecule has 24 heavy (non-hydrogen) atoms. The van der Waals surface area contributed by atoms with Crippen LogP contribution in [0.5, 0.6) is 0 Å². The molecule has 7 nitrogen and oxygen atoms in total. The van der Waals surface area contributed by atoms with Crippen molar-refractivity contribution in [2.24, 2.45) is 5.16 Å². The van der Waals surface area contributed by atoms with Crippen LogP contribution in [0.25, 0.3) is 0 Å². The molecule has 0 aliphatic carbocycles. The van der Waals surface area contributed by atoms with E-state index in [4.69, 9.17) is 22.6 Å². The molecule has 1 unspecified atom stereocenters. The molecule has 0 aromatic heterocycles.